The van der Waals surface area contributed by atoms with Crippen LogP contribution in [-0.4, -0.2) is 22.4 Å². The molecule has 0 saturated heterocycles. The van der Waals surface area contributed by atoms with Crippen molar-refractivity contribution in [1.82, 2.24) is 9.99 Å². The second-order valence-electron chi connectivity index (χ2n) is 8.11. The quantitative estimate of drug-likeness (QED) is 0.292. The summed E-state index contributed by atoms with van der Waals surface area (Å²) in [6.45, 7) is 4.11. The van der Waals surface area contributed by atoms with Gasteiger partial charge in [0.25, 0.3) is 5.91 Å². The summed E-state index contributed by atoms with van der Waals surface area (Å²) >= 11 is 9.57. The summed E-state index contributed by atoms with van der Waals surface area (Å²) in [6.07, 6.45) is 0. The summed E-state index contributed by atoms with van der Waals surface area (Å²) in [4.78, 5) is 38.4. The Morgan fingerprint density at radius 3 is 2.31 bits per heavy atom. The van der Waals surface area contributed by atoms with Gasteiger partial charge in [-0.15, -0.1) is 0 Å². The molecule has 0 bridgehead atoms. The first-order chi connectivity index (χ1) is 16.7. The monoisotopic (exact) mass is 552 g/mol. The lowest BCUT2D eigenvalue weighted by Gasteiger charge is -2.13. The molecule has 0 saturated carbocycles. The minimum absolute atomic E-state index is 0.134. The number of rotatable bonds is 5. The van der Waals surface area contributed by atoms with E-state index in [1.54, 1.807) is 30.3 Å². The number of halogens is 2. The Bertz CT molecular complexity index is 1450. The number of aryl methyl sites for hydroxylation is 2. The second kappa shape index (κ2) is 10.3. The first-order valence-corrected chi connectivity index (χ1v) is 11.9. The standard InChI is InChI=1S/C26H22BrClN4O3/c1-15-3-6-17(7-4-15)14-29-25(34)26(35)31-32-22-10-8-19(28)12-18(22)13-23(32)24(33)30-21-9-5-16(2)11-20(21)27/h3-13H,14H2,1-2H3,(H,29,34)(H,30,33)(H,31,35). The fourth-order valence-electron chi connectivity index (χ4n) is 3.50. The highest BCUT2D eigenvalue weighted by Gasteiger charge is 2.21. The molecule has 0 atom stereocenters. The molecule has 0 aliphatic rings. The number of fused-ring (bicyclic) bond motifs is 1. The van der Waals surface area contributed by atoms with Crippen LogP contribution < -0.4 is 16.1 Å². The maximum absolute atomic E-state index is 13.2. The van der Waals surface area contributed by atoms with E-state index in [2.05, 4.69) is 32.0 Å². The molecule has 1 aromatic heterocycles. The molecule has 35 heavy (non-hydrogen) atoms. The van der Waals surface area contributed by atoms with Gasteiger partial charge in [-0.2, -0.15) is 0 Å². The van der Waals surface area contributed by atoms with Crippen molar-refractivity contribution < 1.29 is 14.4 Å². The molecule has 9 heteroatoms. The highest BCUT2D eigenvalue weighted by Crippen LogP contribution is 2.26. The molecule has 7 nitrogen and oxygen atoms in total. The molecule has 178 valence electrons. The number of amides is 3. The van der Waals surface area contributed by atoms with E-state index in [4.69, 9.17) is 11.6 Å². The number of hydrogen-bond acceptors (Lipinski definition) is 3. The molecule has 0 spiro atoms. The minimum Gasteiger partial charge on any atom is -0.344 e. The number of hydrogen-bond donors (Lipinski definition) is 3. The average molecular weight is 554 g/mol. The maximum Gasteiger partial charge on any atom is 0.328 e. The smallest absolute Gasteiger partial charge is 0.328 e. The Hall–Kier alpha value is -3.62. The van der Waals surface area contributed by atoms with Gasteiger partial charge in [-0.25, -0.2) is 4.68 Å². The third-order valence-electron chi connectivity index (χ3n) is 5.36. The summed E-state index contributed by atoms with van der Waals surface area (Å²) in [6, 6.07) is 19.7. The Kier molecular flexibility index (Phi) is 7.23. The molecule has 4 aromatic rings. The normalized spacial score (nSPS) is 10.7. The third-order valence-corrected chi connectivity index (χ3v) is 6.25. The first kappa shape index (κ1) is 24.5. The summed E-state index contributed by atoms with van der Waals surface area (Å²) in [5.41, 5.74) is 6.75. The third kappa shape index (κ3) is 5.72. The summed E-state index contributed by atoms with van der Waals surface area (Å²) in [7, 11) is 0. The lowest BCUT2D eigenvalue weighted by atomic mass is 10.1. The summed E-state index contributed by atoms with van der Waals surface area (Å²) < 4.78 is 2.01. The van der Waals surface area contributed by atoms with Gasteiger partial charge in [0.15, 0.2) is 0 Å². The summed E-state index contributed by atoms with van der Waals surface area (Å²) in [5.74, 6) is -2.20. The summed E-state index contributed by atoms with van der Waals surface area (Å²) in [5, 5.41) is 6.54. The predicted octanol–water partition coefficient (Wildman–Crippen LogP) is 5.31. The van der Waals surface area contributed by atoms with Crippen LogP contribution in [0.1, 0.15) is 27.2 Å². The molecule has 0 radical (unpaired) electrons. The van der Waals surface area contributed by atoms with Crippen LogP contribution in [0.4, 0.5) is 5.69 Å². The van der Waals surface area contributed by atoms with Crippen LogP contribution in [-0.2, 0) is 16.1 Å². The molecule has 3 amide bonds. The van der Waals surface area contributed by atoms with Crippen molar-refractivity contribution in [3.05, 3.63) is 98.6 Å². The van der Waals surface area contributed by atoms with E-state index in [0.717, 1.165) is 21.2 Å². The van der Waals surface area contributed by atoms with Gasteiger partial charge < -0.3 is 10.6 Å². The van der Waals surface area contributed by atoms with E-state index in [0.29, 0.717) is 21.6 Å². The molecular formula is C26H22BrClN4O3. The Morgan fingerprint density at radius 2 is 1.60 bits per heavy atom. The number of nitrogens with one attached hydrogen (secondary N) is 3. The Labute approximate surface area is 215 Å². The van der Waals surface area contributed by atoms with Crippen molar-refractivity contribution >= 4 is 61.8 Å². The van der Waals surface area contributed by atoms with Crippen molar-refractivity contribution in [3.63, 3.8) is 0 Å². The van der Waals surface area contributed by atoms with Crippen LogP contribution in [0, 0.1) is 13.8 Å². The zero-order valence-electron chi connectivity index (χ0n) is 19.0. The average Bonchev–Trinajstić information content (AvgIpc) is 3.17. The molecule has 0 unspecified atom stereocenters. The van der Waals surface area contributed by atoms with Gasteiger partial charge in [0, 0.05) is 21.4 Å². The second-order valence-corrected chi connectivity index (χ2v) is 9.41. The van der Waals surface area contributed by atoms with Crippen molar-refractivity contribution in [2.45, 2.75) is 20.4 Å². The molecule has 0 fully saturated rings. The van der Waals surface area contributed by atoms with Crippen LogP contribution in [0.5, 0.6) is 0 Å². The van der Waals surface area contributed by atoms with Gasteiger partial charge in [-0.05, 0) is 77.3 Å². The highest BCUT2D eigenvalue weighted by molar-refractivity contribution is 9.10. The van der Waals surface area contributed by atoms with Crippen molar-refractivity contribution in [1.29, 1.82) is 0 Å². The molecule has 3 aromatic carbocycles. The van der Waals surface area contributed by atoms with Crippen LogP contribution in [0.2, 0.25) is 5.02 Å². The molecule has 3 N–H and O–H groups in total. The van der Waals surface area contributed by atoms with Gasteiger partial charge >= 0.3 is 11.8 Å². The van der Waals surface area contributed by atoms with E-state index in [1.807, 2.05) is 50.2 Å². The van der Waals surface area contributed by atoms with Crippen molar-refractivity contribution in [2.75, 3.05) is 10.7 Å². The molecule has 0 aliphatic carbocycles. The maximum atomic E-state index is 13.2. The van der Waals surface area contributed by atoms with Crippen molar-refractivity contribution in [2.24, 2.45) is 0 Å². The van der Waals surface area contributed by atoms with E-state index in [-0.39, 0.29) is 12.2 Å². The fraction of sp³-hybridized carbons (Fsp3) is 0.115. The predicted molar refractivity (Wildman–Crippen MR) is 141 cm³/mol. The molecule has 1 heterocycles. The van der Waals surface area contributed by atoms with Gasteiger partial charge in [-0.1, -0.05) is 47.5 Å². The highest BCUT2D eigenvalue weighted by atomic mass is 79.9. The molecule has 4 rings (SSSR count). The number of nitrogens with zero attached hydrogens (tertiary/aromatic N) is 1. The van der Waals surface area contributed by atoms with E-state index >= 15 is 0 Å². The van der Waals surface area contributed by atoms with Gasteiger partial charge in [0.2, 0.25) is 0 Å². The number of carbonyl (C=O) groups is 3. The number of benzene rings is 3. The number of carbonyl (C=O) groups excluding carboxylic acids is 3. The Balaban J connectivity index is 1.57. The first-order valence-electron chi connectivity index (χ1n) is 10.7. The number of aromatic nitrogens is 1. The fourth-order valence-corrected chi connectivity index (χ4v) is 4.28. The largest absolute Gasteiger partial charge is 0.344 e. The number of anilines is 1. The molecular weight excluding hydrogens is 532 g/mol. The van der Waals surface area contributed by atoms with E-state index < -0.39 is 17.7 Å². The SMILES string of the molecule is Cc1ccc(CNC(=O)C(=O)Nn2c(C(=O)Nc3ccc(C)cc3Br)cc3cc(Cl)ccc32)cc1. The van der Waals surface area contributed by atoms with Crippen LogP contribution >= 0.6 is 27.5 Å². The minimum atomic E-state index is -0.907. The zero-order valence-corrected chi connectivity index (χ0v) is 21.3. The Morgan fingerprint density at radius 1 is 0.886 bits per heavy atom. The van der Waals surface area contributed by atoms with Gasteiger partial charge in [-0.3, -0.25) is 19.8 Å². The lowest BCUT2D eigenvalue weighted by Crippen LogP contribution is -2.39. The topological polar surface area (TPSA) is 92.2 Å². The van der Waals surface area contributed by atoms with E-state index in [1.165, 1.54) is 4.68 Å². The zero-order chi connectivity index (χ0) is 25.1. The van der Waals surface area contributed by atoms with E-state index in [9.17, 15) is 14.4 Å². The van der Waals surface area contributed by atoms with Crippen LogP contribution in [0.25, 0.3) is 10.9 Å². The van der Waals surface area contributed by atoms with Crippen LogP contribution in [0.15, 0.2) is 71.2 Å². The van der Waals surface area contributed by atoms with Crippen molar-refractivity contribution in [3.8, 4) is 0 Å². The van der Waals surface area contributed by atoms with Crippen LogP contribution in [0.3, 0.4) is 0 Å². The molecule has 0 aliphatic heterocycles. The lowest BCUT2D eigenvalue weighted by molar-refractivity contribution is -0.136. The van der Waals surface area contributed by atoms with Gasteiger partial charge in [0.05, 0.1) is 11.2 Å². The van der Waals surface area contributed by atoms with Gasteiger partial charge in [0.1, 0.15) is 5.69 Å².